The summed E-state index contributed by atoms with van der Waals surface area (Å²) in [7, 11) is 5.91. The summed E-state index contributed by atoms with van der Waals surface area (Å²) in [6.07, 6.45) is 66.1. The number of hydrogen-bond donors (Lipinski definition) is 0. The lowest BCUT2D eigenvalue weighted by molar-refractivity contribution is -0.870. The highest BCUT2D eigenvalue weighted by atomic mass is 16.7. The Kier molecular flexibility index (Phi) is 50.6. The van der Waals surface area contributed by atoms with Crippen molar-refractivity contribution in [2.45, 2.75) is 257 Å². The van der Waals surface area contributed by atoms with Crippen LogP contribution in [0.4, 0.5) is 0 Å². The molecule has 0 heterocycles. The molecule has 2 unspecified atom stereocenters. The molecule has 0 bridgehead atoms. The Morgan fingerprint density at radius 2 is 0.803 bits per heavy atom. The maximum atomic E-state index is 12.7. The van der Waals surface area contributed by atoms with E-state index in [1.807, 2.05) is 21.1 Å². The fraction of sp³-hybridized carbons (Fsp3) is 0.758. The molecule has 0 aromatic heterocycles. The molecule has 71 heavy (non-hydrogen) atoms. The number of ether oxygens (including phenoxy) is 4. The van der Waals surface area contributed by atoms with Gasteiger partial charge in [-0.2, -0.15) is 0 Å². The molecule has 0 aromatic carbocycles. The van der Waals surface area contributed by atoms with Crippen LogP contribution in [-0.4, -0.2) is 82.3 Å². The van der Waals surface area contributed by atoms with Crippen LogP contribution in [0.1, 0.15) is 245 Å². The minimum Gasteiger partial charge on any atom is -0.545 e. The molecule has 0 N–H and O–H groups in total. The van der Waals surface area contributed by atoms with E-state index in [0.717, 1.165) is 83.5 Å². The number of nitrogens with zero attached hydrogens (tertiary/aromatic N) is 1. The van der Waals surface area contributed by atoms with Gasteiger partial charge in [0.1, 0.15) is 13.2 Å². The Bertz CT molecular complexity index is 1390. The summed E-state index contributed by atoms with van der Waals surface area (Å²) < 4.78 is 22.5. The van der Waals surface area contributed by atoms with Crippen LogP contribution in [-0.2, 0) is 33.3 Å². The lowest BCUT2D eigenvalue weighted by Gasteiger charge is -2.26. The van der Waals surface area contributed by atoms with Gasteiger partial charge in [-0.15, -0.1) is 0 Å². The maximum Gasteiger partial charge on any atom is 0.306 e. The number of aliphatic carboxylic acids is 1. The van der Waals surface area contributed by atoms with E-state index in [4.69, 9.17) is 18.9 Å². The van der Waals surface area contributed by atoms with Crippen LogP contribution in [0.3, 0.4) is 0 Å². The average molecular weight is 997 g/mol. The molecule has 0 radical (unpaired) electrons. The Morgan fingerprint density at radius 1 is 0.437 bits per heavy atom. The number of carbonyl (C=O) groups is 3. The Morgan fingerprint density at radius 3 is 1.20 bits per heavy atom. The topological polar surface area (TPSA) is 111 Å². The SMILES string of the molecule is CC/C=C\C/C=C\C/C=C\C/C=C\C/C=C\C/C=C\CCCCCCCCCCCCCCCCCCCCCCCCC(=O)OC(COC(=O)CCCCCCC)COC(OCC[N+](C)(C)C)C(=O)[O-]. The van der Waals surface area contributed by atoms with E-state index in [1.54, 1.807) is 0 Å². The third-order valence-corrected chi connectivity index (χ3v) is 12.5. The van der Waals surface area contributed by atoms with Gasteiger partial charge >= 0.3 is 11.9 Å². The minimum absolute atomic E-state index is 0.148. The zero-order valence-electron chi connectivity index (χ0n) is 46.6. The first kappa shape index (κ1) is 67.7. The second kappa shape index (κ2) is 53.0. The lowest BCUT2D eigenvalue weighted by atomic mass is 10.0. The molecule has 0 spiro atoms. The standard InChI is InChI=1S/C62H109NO8/c1-6-8-10-12-13-14-15-16-17-18-19-20-21-22-23-24-25-26-27-28-29-30-31-32-33-34-35-36-37-38-39-40-41-42-43-44-45-46-47-49-51-53-60(65)71-58(56-69-59(64)52-50-48-11-9-7-2)57-70-62(61(66)67)68-55-54-63(3,4)5/h8,10,13-14,16-17,19-20,22-23,25-26,58,62H,6-7,9,11-12,15,18,21,24,27-57H2,1-5H3/b10-8-,14-13-,17-16-,20-19-,23-22-,26-25-. The number of unbranched alkanes of at least 4 members (excludes halogenated alkanes) is 26. The van der Waals surface area contributed by atoms with E-state index in [0.29, 0.717) is 17.4 Å². The zero-order valence-corrected chi connectivity index (χ0v) is 46.6. The van der Waals surface area contributed by atoms with Crippen LogP contribution in [0, 0.1) is 0 Å². The second-order valence-electron chi connectivity index (χ2n) is 20.6. The van der Waals surface area contributed by atoms with Gasteiger partial charge in [0.15, 0.2) is 12.4 Å². The molecule has 9 heteroatoms. The highest BCUT2D eigenvalue weighted by molar-refractivity contribution is 5.70. The van der Waals surface area contributed by atoms with E-state index in [1.165, 1.54) is 128 Å². The predicted molar refractivity (Wildman–Crippen MR) is 297 cm³/mol. The molecule has 0 aliphatic carbocycles. The first-order valence-corrected chi connectivity index (χ1v) is 29.1. The normalized spacial score (nSPS) is 13.3. The van der Waals surface area contributed by atoms with Gasteiger partial charge in [-0.05, 0) is 64.2 Å². The smallest absolute Gasteiger partial charge is 0.306 e. The number of allylic oxidation sites excluding steroid dienone is 12. The van der Waals surface area contributed by atoms with Gasteiger partial charge in [-0.25, -0.2) is 0 Å². The van der Waals surface area contributed by atoms with Crippen LogP contribution in [0.25, 0.3) is 0 Å². The van der Waals surface area contributed by atoms with Crippen molar-refractivity contribution < 1.29 is 42.9 Å². The first-order valence-electron chi connectivity index (χ1n) is 29.1. The summed E-state index contributed by atoms with van der Waals surface area (Å²) in [5.74, 6) is -2.29. The Labute approximate surface area is 437 Å². The monoisotopic (exact) mass is 996 g/mol. The molecule has 0 fully saturated rings. The summed E-state index contributed by atoms with van der Waals surface area (Å²) in [6, 6.07) is 0. The maximum absolute atomic E-state index is 12.7. The van der Waals surface area contributed by atoms with Gasteiger partial charge in [-0.1, -0.05) is 241 Å². The largest absolute Gasteiger partial charge is 0.545 e. The van der Waals surface area contributed by atoms with E-state index < -0.39 is 24.3 Å². The van der Waals surface area contributed by atoms with Crippen LogP contribution >= 0.6 is 0 Å². The molecule has 9 nitrogen and oxygen atoms in total. The van der Waals surface area contributed by atoms with Crippen molar-refractivity contribution in [2.75, 3.05) is 47.5 Å². The summed E-state index contributed by atoms with van der Waals surface area (Å²) >= 11 is 0. The second-order valence-corrected chi connectivity index (χ2v) is 20.6. The number of carboxylic acids is 1. The molecule has 410 valence electrons. The molecule has 0 aliphatic heterocycles. The van der Waals surface area contributed by atoms with Crippen molar-refractivity contribution >= 4 is 17.9 Å². The third-order valence-electron chi connectivity index (χ3n) is 12.5. The summed E-state index contributed by atoms with van der Waals surface area (Å²) in [4.78, 5) is 36.8. The van der Waals surface area contributed by atoms with Crippen molar-refractivity contribution in [1.29, 1.82) is 0 Å². The first-order chi connectivity index (χ1) is 34.6. The Hall–Kier alpha value is -3.27. The van der Waals surface area contributed by atoms with Crippen LogP contribution < -0.4 is 5.11 Å². The molecule has 0 aromatic rings. The quantitative estimate of drug-likeness (QED) is 0.0195. The molecule has 0 saturated carbocycles. The van der Waals surface area contributed by atoms with E-state index in [-0.39, 0.29) is 38.6 Å². The van der Waals surface area contributed by atoms with Gasteiger partial charge in [0.05, 0.1) is 40.3 Å². The average Bonchev–Trinajstić information content (AvgIpc) is 3.34. The van der Waals surface area contributed by atoms with Gasteiger partial charge in [0.2, 0.25) is 0 Å². The lowest BCUT2D eigenvalue weighted by Crippen LogP contribution is -2.44. The predicted octanol–water partition coefficient (Wildman–Crippen LogP) is 15.7. The number of quaternary nitrogens is 1. The molecular weight excluding hydrogens is 887 g/mol. The van der Waals surface area contributed by atoms with Crippen LogP contribution in [0.2, 0.25) is 0 Å². The number of hydrogen-bond acceptors (Lipinski definition) is 8. The fourth-order valence-corrected chi connectivity index (χ4v) is 8.01. The zero-order chi connectivity index (χ0) is 52.0. The van der Waals surface area contributed by atoms with Crippen molar-refractivity contribution in [3.8, 4) is 0 Å². The third kappa shape index (κ3) is 54.3. The highest BCUT2D eigenvalue weighted by Crippen LogP contribution is 2.17. The van der Waals surface area contributed by atoms with Crippen LogP contribution in [0.15, 0.2) is 72.9 Å². The molecule has 2 atom stereocenters. The number of carboxylic acid groups (broad SMARTS) is 1. The summed E-state index contributed by atoms with van der Waals surface area (Å²) in [6.45, 7) is 4.54. The van der Waals surface area contributed by atoms with Gasteiger partial charge < -0.3 is 33.3 Å². The van der Waals surface area contributed by atoms with Crippen molar-refractivity contribution in [3.05, 3.63) is 72.9 Å². The van der Waals surface area contributed by atoms with E-state index in [9.17, 15) is 19.5 Å². The van der Waals surface area contributed by atoms with Gasteiger partial charge in [0.25, 0.3) is 0 Å². The van der Waals surface area contributed by atoms with Gasteiger partial charge in [-0.3, -0.25) is 9.59 Å². The summed E-state index contributed by atoms with van der Waals surface area (Å²) in [5.41, 5.74) is 0. The van der Waals surface area contributed by atoms with Crippen molar-refractivity contribution in [3.63, 3.8) is 0 Å². The van der Waals surface area contributed by atoms with Crippen molar-refractivity contribution in [1.82, 2.24) is 0 Å². The van der Waals surface area contributed by atoms with Crippen molar-refractivity contribution in [2.24, 2.45) is 0 Å². The number of likely N-dealkylation sites (N-methyl/N-ethyl adjacent to an activating group) is 1. The minimum atomic E-state index is -1.62. The number of rotatable bonds is 53. The Balaban J connectivity index is 3.79. The fourth-order valence-electron chi connectivity index (χ4n) is 8.01. The molecule has 0 aliphatic rings. The van der Waals surface area contributed by atoms with Gasteiger partial charge in [0, 0.05) is 12.8 Å². The van der Waals surface area contributed by atoms with Crippen LogP contribution in [0.5, 0.6) is 0 Å². The molecular formula is C62H109NO8. The molecule has 0 rings (SSSR count). The van der Waals surface area contributed by atoms with E-state index >= 15 is 0 Å². The number of carbonyl (C=O) groups excluding carboxylic acids is 3. The number of esters is 2. The molecule has 0 saturated heterocycles. The summed E-state index contributed by atoms with van der Waals surface area (Å²) in [5, 5.41) is 11.7. The molecule has 0 amide bonds. The van der Waals surface area contributed by atoms with E-state index in [2.05, 4.69) is 86.8 Å². The highest BCUT2D eigenvalue weighted by Gasteiger charge is 2.22.